The molecule has 1 aromatic rings. The number of ether oxygens (including phenoxy) is 1. The van der Waals surface area contributed by atoms with E-state index in [1.807, 2.05) is 24.3 Å². The molecule has 0 bridgehead atoms. The van der Waals surface area contributed by atoms with E-state index in [4.69, 9.17) is 9.84 Å². The predicted octanol–water partition coefficient (Wildman–Crippen LogP) is 2.43. The summed E-state index contributed by atoms with van der Waals surface area (Å²) in [4.78, 5) is 10.8. The number of carboxylic acid groups (broad SMARTS) is 1. The van der Waals surface area contributed by atoms with Crippen LogP contribution in [0.25, 0.3) is 0 Å². The van der Waals surface area contributed by atoms with E-state index < -0.39 is 12.1 Å². The van der Waals surface area contributed by atoms with E-state index in [1.54, 1.807) is 6.92 Å². The average Bonchev–Trinajstić information content (AvgIpc) is 2.37. The van der Waals surface area contributed by atoms with E-state index in [2.05, 4.69) is 12.2 Å². The molecule has 0 radical (unpaired) electrons. The molecule has 18 heavy (non-hydrogen) atoms. The minimum absolute atomic E-state index is 0.454. The monoisotopic (exact) mass is 251 g/mol. The molecular weight excluding hydrogens is 230 g/mol. The molecule has 4 heteroatoms. The zero-order valence-corrected chi connectivity index (χ0v) is 11.0. The van der Waals surface area contributed by atoms with Crippen LogP contribution in [-0.4, -0.2) is 23.7 Å². The molecule has 0 aliphatic carbocycles. The number of nitrogens with one attached hydrogen (secondary N) is 1. The molecule has 1 atom stereocenters. The Bertz CT molecular complexity index is 362. The summed E-state index contributed by atoms with van der Waals surface area (Å²) in [5.74, 6) is -0.324. The van der Waals surface area contributed by atoms with E-state index in [9.17, 15) is 4.79 Å². The van der Waals surface area contributed by atoms with Crippen molar-refractivity contribution in [2.45, 2.75) is 39.3 Å². The quantitative estimate of drug-likeness (QED) is 0.697. The molecule has 0 amide bonds. The van der Waals surface area contributed by atoms with Crippen molar-refractivity contribution >= 4 is 5.97 Å². The molecule has 0 aliphatic rings. The second kappa shape index (κ2) is 7.71. The lowest BCUT2D eigenvalue weighted by Crippen LogP contribution is -2.25. The highest BCUT2D eigenvalue weighted by Crippen LogP contribution is 2.15. The Morgan fingerprint density at radius 3 is 2.50 bits per heavy atom. The zero-order chi connectivity index (χ0) is 13.4. The standard InChI is InChI=1S/C14H21NO3/c1-3-9-15-10-11-5-7-12(8-6-11)18-13(4-2)14(16)17/h5-8,13,15H,3-4,9-10H2,1-2H3,(H,16,17). The van der Waals surface area contributed by atoms with Gasteiger partial charge >= 0.3 is 5.97 Å². The maximum absolute atomic E-state index is 10.8. The van der Waals surface area contributed by atoms with Crippen LogP contribution in [0.1, 0.15) is 32.3 Å². The van der Waals surface area contributed by atoms with Crippen LogP contribution in [0.15, 0.2) is 24.3 Å². The van der Waals surface area contributed by atoms with Crippen LogP contribution in [0.3, 0.4) is 0 Å². The zero-order valence-electron chi connectivity index (χ0n) is 11.0. The third-order valence-corrected chi connectivity index (χ3v) is 2.60. The molecule has 1 aromatic carbocycles. The summed E-state index contributed by atoms with van der Waals surface area (Å²) in [6.45, 7) is 5.74. The molecule has 1 rings (SSSR count). The topological polar surface area (TPSA) is 58.6 Å². The number of benzene rings is 1. The van der Waals surface area contributed by atoms with Gasteiger partial charge in [-0.25, -0.2) is 4.79 Å². The van der Waals surface area contributed by atoms with Crippen molar-refractivity contribution < 1.29 is 14.6 Å². The Kier molecular flexibility index (Phi) is 6.22. The van der Waals surface area contributed by atoms with E-state index in [0.717, 1.165) is 19.5 Å². The molecule has 2 N–H and O–H groups in total. The van der Waals surface area contributed by atoms with Gasteiger partial charge in [-0.2, -0.15) is 0 Å². The summed E-state index contributed by atoms with van der Waals surface area (Å²) in [5, 5.41) is 12.2. The molecule has 0 fully saturated rings. The predicted molar refractivity (Wildman–Crippen MR) is 70.8 cm³/mol. The number of aliphatic carboxylic acids is 1. The number of carboxylic acids is 1. The van der Waals surface area contributed by atoms with E-state index in [-0.39, 0.29) is 0 Å². The summed E-state index contributed by atoms with van der Waals surface area (Å²) in [5.41, 5.74) is 1.17. The van der Waals surface area contributed by atoms with Crippen molar-refractivity contribution in [1.29, 1.82) is 0 Å². The average molecular weight is 251 g/mol. The van der Waals surface area contributed by atoms with E-state index in [1.165, 1.54) is 5.56 Å². The smallest absolute Gasteiger partial charge is 0.344 e. The van der Waals surface area contributed by atoms with Crippen molar-refractivity contribution in [3.63, 3.8) is 0 Å². The lowest BCUT2D eigenvalue weighted by atomic mass is 10.2. The summed E-state index contributed by atoms with van der Waals surface area (Å²) in [7, 11) is 0. The molecule has 0 aromatic heterocycles. The van der Waals surface area contributed by atoms with Gasteiger partial charge in [-0.05, 0) is 37.1 Å². The lowest BCUT2D eigenvalue weighted by molar-refractivity contribution is -0.145. The van der Waals surface area contributed by atoms with E-state index >= 15 is 0 Å². The fourth-order valence-electron chi connectivity index (χ4n) is 1.57. The van der Waals surface area contributed by atoms with Gasteiger partial charge in [0.2, 0.25) is 0 Å². The normalized spacial score (nSPS) is 12.1. The number of hydrogen-bond donors (Lipinski definition) is 2. The Morgan fingerprint density at radius 2 is 2.00 bits per heavy atom. The highest BCUT2D eigenvalue weighted by molar-refractivity contribution is 5.72. The Labute approximate surface area is 108 Å². The number of rotatable bonds is 8. The first-order chi connectivity index (χ1) is 8.67. The van der Waals surface area contributed by atoms with E-state index in [0.29, 0.717) is 12.2 Å². The summed E-state index contributed by atoms with van der Waals surface area (Å²) < 4.78 is 5.39. The van der Waals surface area contributed by atoms with Crippen LogP contribution < -0.4 is 10.1 Å². The van der Waals surface area contributed by atoms with Crippen LogP contribution >= 0.6 is 0 Å². The first kappa shape index (κ1) is 14.5. The SMILES string of the molecule is CCCNCc1ccc(OC(CC)C(=O)O)cc1. The summed E-state index contributed by atoms with van der Waals surface area (Å²) >= 11 is 0. The first-order valence-electron chi connectivity index (χ1n) is 6.36. The fraction of sp³-hybridized carbons (Fsp3) is 0.500. The largest absolute Gasteiger partial charge is 0.479 e. The molecule has 0 saturated carbocycles. The molecule has 0 saturated heterocycles. The van der Waals surface area contributed by atoms with Gasteiger partial charge in [0.05, 0.1) is 0 Å². The molecule has 0 heterocycles. The fourth-order valence-corrected chi connectivity index (χ4v) is 1.57. The van der Waals surface area contributed by atoms with Gasteiger partial charge < -0.3 is 15.2 Å². The molecule has 0 aliphatic heterocycles. The minimum Gasteiger partial charge on any atom is -0.479 e. The van der Waals surface area contributed by atoms with Crippen LogP contribution in [0.5, 0.6) is 5.75 Å². The van der Waals surface area contributed by atoms with Crippen molar-refractivity contribution in [2.24, 2.45) is 0 Å². The molecular formula is C14H21NO3. The highest BCUT2D eigenvalue weighted by atomic mass is 16.5. The highest BCUT2D eigenvalue weighted by Gasteiger charge is 2.16. The molecule has 0 spiro atoms. The maximum atomic E-state index is 10.8. The van der Waals surface area contributed by atoms with Gasteiger partial charge in [-0.3, -0.25) is 0 Å². The van der Waals surface area contributed by atoms with Crippen LogP contribution in [0.2, 0.25) is 0 Å². The third kappa shape index (κ3) is 4.75. The van der Waals surface area contributed by atoms with Crippen molar-refractivity contribution in [3.05, 3.63) is 29.8 Å². The van der Waals surface area contributed by atoms with Gasteiger partial charge in [0, 0.05) is 6.54 Å². The van der Waals surface area contributed by atoms with Crippen molar-refractivity contribution in [2.75, 3.05) is 6.54 Å². The van der Waals surface area contributed by atoms with Crippen LogP contribution in [0, 0.1) is 0 Å². The van der Waals surface area contributed by atoms with Gasteiger partial charge in [-0.15, -0.1) is 0 Å². The summed E-state index contributed by atoms with van der Waals surface area (Å²) in [6, 6.07) is 7.53. The minimum atomic E-state index is -0.925. The van der Waals surface area contributed by atoms with Crippen LogP contribution in [0.4, 0.5) is 0 Å². The van der Waals surface area contributed by atoms with Gasteiger partial charge in [0.1, 0.15) is 5.75 Å². The number of hydrogen-bond acceptors (Lipinski definition) is 3. The second-order valence-electron chi connectivity index (χ2n) is 4.17. The first-order valence-corrected chi connectivity index (χ1v) is 6.36. The van der Waals surface area contributed by atoms with Crippen molar-refractivity contribution in [1.82, 2.24) is 5.32 Å². The molecule has 1 unspecified atom stereocenters. The summed E-state index contributed by atoms with van der Waals surface area (Å²) in [6.07, 6.45) is 0.793. The molecule has 4 nitrogen and oxygen atoms in total. The molecule has 100 valence electrons. The van der Waals surface area contributed by atoms with Crippen molar-refractivity contribution in [3.8, 4) is 5.75 Å². The third-order valence-electron chi connectivity index (χ3n) is 2.60. The Morgan fingerprint density at radius 1 is 1.33 bits per heavy atom. The van der Waals surface area contributed by atoms with Gasteiger partial charge in [0.25, 0.3) is 0 Å². The Hall–Kier alpha value is -1.55. The number of carbonyl (C=O) groups is 1. The second-order valence-corrected chi connectivity index (χ2v) is 4.17. The van der Waals surface area contributed by atoms with Crippen LogP contribution in [-0.2, 0) is 11.3 Å². The van der Waals surface area contributed by atoms with Gasteiger partial charge in [0.15, 0.2) is 6.10 Å². The Balaban J connectivity index is 2.51. The lowest BCUT2D eigenvalue weighted by Gasteiger charge is -2.13. The van der Waals surface area contributed by atoms with Gasteiger partial charge in [-0.1, -0.05) is 26.0 Å². The maximum Gasteiger partial charge on any atom is 0.344 e.